The van der Waals surface area contributed by atoms with Crippen molar-refractivity contribution in [3.8, 4) is 11.4 Å². The van der Waals surface area contributed by atoms with Crippen molar-refractivity contribution in [2.24, 2.45) is 5.41 Å². The summed E-state index contributed by atoms with van der Waals surface area (Å²) in [7, 11) is -3.50. The zero-order valence-electron chi connectivity index (χ0n) is 22.7. The molecule has 8 nitrogen and oxygen atoms in total. The van der Waals surface area contributed by atoms with Crippen LogP contribution in [0.2, 0.25) is 5.02 Å². The molecule has 0 atom stereocenters. The number of halogens is 1. The summed E-state index contributed by atoms with van der Waals surface area (Å²) >= 11 is 7.51. The van der Waals surface area contributed by atoms with E-state index in [1.165, 1.54) is 20.7 Å². The van der Waals surface area contributed by atoms with Crippen LogP contribution in [0.3, 0.4) is 0 Å². The van der Waals surface area contributed by atoms with E-state index in [1.54, 1.807) is 30.5 Å². The van der Waals surface area contributed by atoms with Gasteiger partial charge in [-0.2, -0.15) is 14.1 Å². The Morgan fingerprint density at radius 2 is 1.73 bits per heavy atom. The van der Waals surface area contributed by atoms with Gasteiger partial charge in [-0.1, -0.05) is 61.0 Å². The van der Waals surface area contributed by atoms with Crippen LogP contribution in [0.5, 0.6) is 5.75 Å². The molecule has 0 N–H and O–H groups in total. The van der Waals surface area contributed by atoms with Gasteiger partial charge in [-0.3, -0.25) is 4.79 Å². The molecule has 1 aliphatic heterocycles. The number of ether oxygens (including phenoxy) is 1. The zero-order valence-corrected chi connectivity index (χ0v) is 25.1. The van der Waals surface area contributed by atoms with Crippen LogP contribution < -0.4 is 15.2 Å². The molecule has 0 spiro atoms. The van der Waals surface area contributed by atoms with E-state index in [4.69, 9.17) is 16.3 Å². The first-order valence-electron chi connectivity index (χ1n) is 13.6. The van der Waals surface area contributed by atoms with Gasteiger partial charge in [-0.25, -0.2) is 8.42 Å². The first-order valence-corrected chi connectivity index (χ1v) is 16.5. The molecule has 1 aliphatic carbocycles. The molecule has 0 unspecified atom stereocenters. The first-order chi connectivity index (χ1) is 19.7. The molecule has 214 valence electrons. The maximum Gasteiger partial charge on any atom is 0.316 e. The maximum atomic E-state index is 13.6. The number of sulfonamides is 1. The highest BCUT2D eigenvalue weighted by molar-refractivity contribution is 8.11. The number of hydrogen-bond donors (Lipinski definition) is 0. The van der Waals surface area contributed by atoms with Gasteiger partial charge in [0.2, 0.25) is 15.8 Å². The van der Waals surface area contributed by atoms with E-state index in [0.717, 1.165) is 28.5 Å². The van der Waals surface area contributed by atoms with E-state index in [-0.39, 0.29) is 21.8 Å². The molecule has 2 heterocycles. The summed E-state index contributed by atoms with van der Waals surface area (Å²) in [5.41, 5.74) is 0.842. The van der Waals surface area contributed by atoms with Crippen LogP contribution in [0.1, 0.15) is 19.8 Å². The molecule has 0 radical (unpaired) electrons. The van der Waals surface area contributed by atoms with Crippen LogP contribution in [0.4, 0.5) is 5.69 Å². The highest BCUT2D eigenvalue weighted by Crippen LogP contribution is 2.45. The minimum absolute atomic E-state index is 0.0365. The van der Waals surface area contributed by atoms with Gasteiger partial charge < -0.3 is 9.64 Å². The zero-order chi connectivity index (χ0) is 28.6. The van der Waals surface area contributed by atoms with Crippen molar-refractivity contribution in [1.29, 1.82) is 0 Å². The third-order valence-corrected chi connectivity index (χ3v) is 11.4. The van der Waals surface area contributed by atoms with Crippen molar-refractivity contribution in [1.82, 2.24) is 14.1 Å². The van der Waals surface area contributed by atoms with Crippen molar-refractivity contribution >= 4 is 49.8 Å². The molecule has 1 aromatic heterocycles. The summed E-state index contributed by atoms with van der Waals surface area (Å²) in [5.74, 6) is 0.232. The Kier molecular flexibility index (Phi) is 7.76. The van der Waals surface area contributed by atoms with Crippen LogP contribution >= 0.6 is 23.4 Å². The molecule has 0 bridgehead atoms. The van der Waals surface area contributed by atoms with Gasteiger partial charge in [0, 0.05) is 41.5 Å². The van der Waals surface area contributed by atoms with Gasteiger partial charge in [0.1, 0.15) is 10.8 Å². The Morgan fingerprint density at radius 1 is 1.00 bits per heavy atom. The number of piperazine rings is 1. The lowest BCUT2D eigenvalue weighted by atomic mass is 10.1. The van der Waals surface area contributed by atoms with Gasteiger partial charge in [0.05, 0.1) is 18.5 Å². The Bertz CT molecular complexity index is 1740. The lowest BCUT2D eigenvalue weighted by molar-refractivity contribution is 0.242. The molecule has 4 aromatic rings. The number of aromatic nitrogens is 2. The Balaban J connectivity index is 1.18. The molecule has 6 rings (SSSR count). The number of nitrogens with zero attached hydrogens (tertiary/aromatic N) is 4. The molecule has 11 heteroatoms. The fraction of sp³-hybridized carbons (Fsp3) is 0.333. The van der Waals surface area contributed by atoms with Gasteiger partial charge in [-0.05, 0) is 47.9 Å². The number of fused-ring (bicyclic) bond motifs is 1. The number of anilines is 1. The third kappa shape index (κ3) is 6.11. The standard InChI is InChI=1S/C30H31ClN4O4S2/c1-30(12-13-30)20-39-28-26(19-32-35(29(28)36)24-9-5-8-23(31)18-24)33-14-16-34(17-15-33)41(37,38)21-40-27-11-4-7-22-6-2-3-10-25(22)27/h2-11,18-19H,12-17,20-21H2,1H3. The summed E-state index contributed by atoms with van der Waals surface area (Å²) in [6.45, 7) is 4.06. The SMILES string of the molecule is CC1(COc2c(N3CCN(S(=O)(=O)CSc4cccc5ccccc45)CC3)cnn(-c3cccc(Cl)c3)c2=O)CC1. The monoisotopic (exact) mass is 610 g/mol. The van der Waals surface area contributed by atoms with Gasteiger partial charge in [0.15, 0.2) is 0 Å². The van der Waals surface area contributed by atoms with E-state index >= 15 is 0 Å². The van der Waals surface area contributed by atoms with Crippen molar-refractivity contribution in [2.75, 3.05) is 42.8 Å². The predicted octanol–water partition coefficient (Wildman–Crippen LogP) is 5.42. The summed E-state index contributed by atoms with van der Waals surface area (Å²) in [6, 6.07) is 20.9. The van der Waals surface area contributed by atoms with Crippen LogP contribution in [-0.2, 0) is 10.0 Å². The van der Waals surface area contributed by atoms with E-state index in [1.807, 2.05) is 47.4 Å². The normalized spacial score (nSPS) is 17.1. The lowest BCUT2D eigenvalue weighted by Crippen LogP contribution is -2.49. The van der Waals surface area contributed by atoms with Crippen LogP contribution in [0.15, 0.2) is 82.6 Å². The average molecular weight is 611 g/mol. The average Bonchev–Trinajstić information content (AvgIpc) is 3.72. The Labute approximate surface area is 248 Å². The van der Waals surface area contributed by atoms with Gasteiger partial charge in [-0.15, -0.1) is 11.8 Å². The topological polar surface area (TPSA) is 84.7 Å². The second kappa shape index (κ2) is 11.3. The van der Waals surface area contributed by atoms with Crippen LogP contribution in [0.25, 0.3) is 16.5 Å². The van der Waals surface area contributed by atoms with E-state index < -0.39 is 10.0 Å². The fourth-order valence-corrected chi connectivity index (χ4v) is 8.05. The molecular weight excluding hydrogens is 580 g/mol. The minimum atomic E-state index is -3.50. The molecule has 1 saturated heterocycles. The quantitative estimate of drug-likeness (QED) is 0.234. The molecule has 2 fully saturated rings. The summed E-state index contributed by atoms with van der Waals surface area (Å²) in [4.78, 5) is 16.6. The van der Waals surface area contributed by atoms with Gasteiger partial charge in [0.25, 0.3) is 0 Å². The highest BCUT2D eigenvalue weighted by Gasteiger charge is 2.39. The van der Waals surface area contributed by atoms with Crippen LogP contribution in [-0.4, -0.2) is 60.4 Å². The fourth-order valence-electron chi connectivity index (χ4n) is 4.93. The molecule has 0 amide bonds. The summed E-state index contributed by atoms with van der Waals surface area (Å²) in [6.07, 6.45) is 3.75. The number of benzene rings is 3. The molecule has 1 saturated carbocycles. The van der Waals surface area contributed by atoms with Gasteiger partial charge >= 0.3 is 5.56 Å². The van der Waals surface area contributed by atoms with Crippen molar-refractivity contribution in [2.45, 2.75) is 24.7 Å². The number of hydrogen-bond acceptors (Lipinski definition) is 7. The highest BCUT2D eigenvalue weighted by atomic mass is 35.5. The van der Waals surface area contributed by atoms with Crippen molar-refractivity contribution in [3.63, 3.8) is 0 Å². The largest absolute Gasteiger partial charge is 0.486 e. The summed E-state index contributed by atoms with van der Waals surface area (Å²) in [5, 5.41) is 7.03. The molecule has 2 aliphatic rings. The molecular formula is C30H31ClN4O4S2. The Hall–Kier alpha value is -3.05. The molecule has 41 heavy (non-hydrogen) atoms. The van der Waals surface area contributed by atoms with Crippen LogP contribution in [0, 0.1) is 5.41 Å². The predicted molar refractivity (Wildman–Crippen MR) is 165 cm³/mol. The third-order valence-electron chi connectivity index (χ3n) is 7.72. The van der Waals surface area contributed by atoms with Crippen molar-refractivity contribution in [3.05, 3.63) is 88.3 Å². The van der Waals surface area contributed by atoms with E-state index in [9.17, 15) is 13.2 Å². The van der Waals surface area contributed by atoms with E-state index in [0.29, 0.717) is 49.2 Å². The first kappa shape index (κ1) is 28.1. The Morgan fingerprint density at radius 3 is 2.49 bits per heavy atom. The van der Waals surface area contributed by atoms with Crippen molar-refractivity contribution < 1.29 is 13.2 Å². The smallest absolute Gasteiger partial charge is 0.316 e. The number of thioether (sulfide) groups is 1. The maximum absolute atomic E-state index is 13.6. The second-order valence-corrected chi connectivity index (χ2v) is 14.7. The minimum Gasteiger partial charge on any atom is -0.486 e. The van der Waals surface area contributed by atoms with E-state index in [2.05, 4.69) is 12.0 Å². The number of rotatable bonds is 9. The second-order valence-electron chi connectivity index (χ2n) is 10.9. The molecule has 3 aromatic carbocycles. The lowest BCUT2D eigenvalue weighted by Gasteiger charge is -2.35. The summed E-state index contributed by atoms with van der Waals surface area (Å²) < 4.78 is 35.6.